The summed E-state index contributed by atoms with van der Waals surface area (Å²) in [5, 5.41) is 0. The molecular weight excluding hydrogens is 272 g/mol. The SMILES string of the molecule is C1=C(c2ccccc2)c2ccccc2Sc2ccccc21. The fourth-order valence-corrected chi connectivity index (χ4v) is 3.74. The summed E-state index contributed by atoms with van der Waals surface area (Å²) in [4.78, 5) is 2.63. The first-order chi connectivity index (χ1) is 10.4. The number of hydrogen-bond acceptors (Lipinski definition) is 1. The Hall–Kier alpha value is -2.25. The van der Waals surface area contributed by atoms with Gasteiger partial charge in [-0.1, -0.05) is 78.5 Å². The van der Waals surface area contributed by atoms with E-state index in [0.717, 1.165) is 0 Å². The Balaban J connectivity index is 2.00. The van der Waals surface area contributed by atoms with E-state index in [0.29, 0.717) is 0 Å². The molecule has 0 fully saturated rings. The van der Waals surface area contributed by atoms with Crippen LogP contribution in [0.15, 0.2) is 88.7 Å². The molecule has 0 atom stereocenters. The maximum absolute atomic E-state index is 2.31. The number of hydrogen-bond donors (Lipinski definition) is 0. The minimum atomic E-state index is 1.27. The normalized spacial score (nSPS) is 12.9. The highest BCUT2D eigenvalue weighted by molar-refractivity contribution is 7.99. The fourth-order valence-electron chi connectivity index (χ4n) is 2.68. The van der Waals surface area contributed by atoms with Gasteiger partial charge >= 0.3 is 0 Å². The largest absolute Gasteiger partial charge is 0.0888 e. The first-order valence-electron chi connectivity index (χ1n) is 7.05. The quantitative estimate of drug-likeness (QED) is 0.430. The molecule has 1 heteroatoms. The van der Waals surface area contributed by atoms with Crippen molar-refractivity contribution < 1.29 is 0 Å². The van der Waals surface area contributed by atoms with Gasteiger partial charge in [-0.25, -0.2) is 0 Å². The summed E-state index contributed by atoms with van der Waals surface area (Å²) in [6.07, 6.45) is 2.31. The second-order valence-electron chi connectivity index (χ2n) is 5.06. The molecule has 0 saturated carbocycles. The van der Waals surface area contributed by atoms with Crippen LogP contribution in [0.1, 0.15) is 16.7 Å². The van der Waals surface area contributed by atoms with E-state index in [9.17, 15) is 0 Å². The second-order valence-corrected chi connectivity index (χ2v) is 6.14. The highest BCUT2D eigenvalue weighted by atomic mass is 32.2. The average Bonchev–Trinajstić information content (AvgIpc) is 2.72. The van der Waals surface area contributed by atoms with Crippen molar-refractivity contribution in [3.63, 3.8) is 0 Å². The summed E-state index contributed by atoms with van der Waals surface area (Å²) < 4.78 is 0. The molecule has 0 saturated heterocycles. The first kappa shape index (κ1) is 12.5. The van der Waals surface area contributed by atoms with Gasteiger partial charge in [0.15, 0.2) is 0 Å². The smallest absolute Gasteiger partial charge is 0.0201 e. The topological polar surface area (TPSA) is 0 Å². The lowest BCUT2D eigenvalue weighted by molar-refractivity contribution is 1.38. The van der Waals surface area contributed by atoms with E-state index in [2.05, 4.69) is 84.9 Å². The molecule has 1 heterocycles. The van der Waals surface area contributed by atoms with Gasteiger partial charge in [-0.15, -0.1) is 0 Å². The highest BCUT2D eigenvalue weighted by Gasteiger charge is 2.16. The Labute approximate surface area is 129 Å². The van der Waals surface area contributed by atoms with E-state index in [1.165, 1.54) is 32.1 Å². The first-order valence-corrected chi connectivity index (χ1v) is 7.87. The van der Waals surface area contributed by atoms with Crippen LogP contribution in [0.2, 0.25) is 0 Å². The van der Waals surface area contributed by atoms with Gasteiger partial charge in [0.2, 0.25) is 0 Å². The van der Waals surface area contributed by atoms with Crippen LogP contribution in [0, 0.1) is 0 Å². The predicted molar refractivity (Wildman–Crippen MR) is 90.4 cm³/mol. The molecule has 21 heavy (non-hydrogen) atoms. The molecule has 3 aromatic carbocycles. The zero-order valence-electron chi connectivity index (χ0n) is 11.5. The van der Waals surface area contributed by atoms with Crippen LogP contribution < -0.4 is 0 Å². The van der Waals surface area contributed by atoms with Crippen molar-refractivity contribution in [1.82, 2.24) is 0 Å². The van der Waals surface area contributed by atoms with Crippen LogP contribution in [0.5, 0.6) is 0 Å². The van der Waals surface area contributed by atoms with Gasteiger partial charge in [-0.05, 0) is 40.5 Å². The summed E-state index contributed by atoms with van der Waals surface area (Å²) in [7, 11) is 0. The van der Waals surface area contributed by atoms with Crippen molar-refractivity contribution in [2.45, 2.75) is 9.79 Å². The van der Waals surface area contributed by atoms with Gasteiger partial charge in [0, 0.05) is 9.79 Å². The van der Waals surface area contributed by atoms with Gasteiger partial charge in [0.05, 0.1) is 0 Å². The Kier molecular flexibility index (Phi) is 3.13. The molecule has 0 nitrogen and oxygen atoms in total. The second kappa shape index (κ2) is 5.27. The van der Waals surface area contributed by atoms with E-state index in [-0.39, 0.29) is 0 Å². The van der Waals surface area contributed by atoms with E-state index >= 15 is 0 Å². The molecular formula is C20H14S. The van der Waals surface area contributed by atoms with Crippen molar-refractivity contribution in [3.8, 4) is 0 Å². The third-order valence-electron chi connectivity index (χ3n) is 3.70. The van der Waals surface area contributed by atoms with Crippen LogP contribution in [-0.2, 0) is 0 Å². The molecule has 0 amide bonds. The Bertz CT molecular complexity index is 816. The summed E-state index contributed by atoms with van der Waals surface area (Å²) in [6, 6.07) is 27.9. The molecule has 0 spiro atoms. The predicted octanol–water partition coefficient (Wildman–Crippen LogP) is 5.74. The standard InChI is InChI=1S/C20H14S/c1-2-8-15(9-3-1)18-14-16-10-4-6-12-19(16)21-20-13-7-5-11-17(18)20/h1-14H. The lowest BCUT2D eigenvalue weighted by atomic mass is 9.96. The summed E-state index contributed by atoms with van der Waals surface area (Å²) >= 11 is 1.85. The highest BCUT2D eigenvalue weighted by Crippen LogP contribution is 2.42. The van der Waals surface area contributed by atoms with Gasteiger partial charge in [0.25, 0.3) is 0 Å². The van der Waals surface area contributed by atoms with Crippen molar-refractivity contribution in [1.29, 1.82) is 0 Å². The molecule has 0 radical (unpaired) electrons. The van der Waals surface area contributed by atoms with E-state index in [1.807, 2.05) is 11.8 Å². The molecule has 3 aromatic rings. The van der Waals surface area contributed by atoms with Crippen LogP contribution in [0.3, 0.4) is 0 Å². The summed E-state index contributed by atoms with van der Waals surface area (Å²) in [5.41, 5.74) is 5.16. The van der Waals surface area contributed by atoms with Crippen LogP contribution in [-0.4, -0.2) is 0 Å². The molecule has 100 valence electrons. The van der Waals surface area contributed by atoms with E-state index < -0.39 is 0 Å². The molecule has 0 N–H and O–H groups in total. The molecule has 4 rings (SSSR count). The zero-order valence-corrected chi connectivity index (χ0v) is 12.3. The minimum absolute atomic E-state index is 1.27. The Morgan fingerprint density at radius 2 is 1.24 bits per heavy atom. The molecule has 0 aliphatic carbocycles. The van der Waals surface area contributed by atoms with Gasteiger partial charge in [0.1, 0.15) is 0 Å². The van der Waals surface area contributed by atoms with Gasteiger partial charge in [-0.3, -0.25) is 0 Å². The number of fused-ring (bicyclic) bond motifs is 2. The molecule has 1 aliphatic heterocycles. The molecule has 1 aliphatic rings. The molecule has 0 unspecified atom stereocenters. The van der Waals surface area contributed by atoms with Crippen molar-refractivity contribution in [2.75, 3.05) is 0 Å². The number of rotatable bonds is 1. The maximum Gasteiger partial charge on any atom is 0.0201 e. The lowest BCUT2D eigenvalue weighted by Gasteiger charge is -2.10. The van der Waals surface area contributed by atoms with Crippen LogP contribution >= 0.6 is 11.8 Å². The fraction of sp³-hybridized carbons (Fsp3) is 0. The summed E-state index contributed by atoms with van der Waals surface area (Å²) in [6.45, 7) is 0. The Morgan fingerprint density at radius 3 is 2.10 bits per heavy atom. The van der Waals surface area contributed by atoms with Crippen LogP contribution in [0.4, 0.5) is 0 Å². The van der Waals surface area contributed by atoms with Gasteiger partial charge < -0.3 is 0 Å². The third kappa shape index (κ3) is 2.30. The third-order valence-corrected chi connectivity index (χ3v) is 4.87. The number of benzene rings is 3. The monoisotopic (exact) mass is 286 g/mol. The molecule has 0 bridgehead atoms. The van der Waals surface area contributed by atoms with Crippen molar-refractivity contribution >= 4 is 23.4 Å². The lowest BCUT2D eigenvalue weighted by Crippen LogP contribution is -1.88. The maximum atomic E-state index is 2.31. The van der Waals surface area contributed by atoms with Crippen molar-refractivity contribution in [2.24, 2.45) is 0 Å². The van der Waals surface area contributed by atoms with E-state index in [1.54, 1.807) is 0 Å². The van der Waals surface area contributed by atoms with E-state index in [4.69, 9.17) is 0 Å². The molecule has 0 aromatic heterocycles. The van der Waals surface area contributed by atoms with Gasteiger partial charge in [-0.2, -0.15) is 0 Å². The Morgan fingerprint density at radius 1 is 0.571 bits per heavy atom. The van der Waals surface area contributed by atoms with Crippen LogP contribution in [0.25, 0.3) is 11.6 Å². The summed E-state index contributed by atoms with van der Waals surface area (Å²) in [5.74, 6) is 0. The average molecular weight is 286 g/mol. The zero-order chi connectivity index (χ0) is 14.1. The minimum Gasteiger partial charge on any atom is -0.0888 e. The van der Waals surface area contributed by atoms with Crippen molar-refractivity contribution in [3.05, 3.63) is 95.6 Å².